The van der Waals surface area contributed by atoms with Gasteiger partial charge in [0, 0.05) is 25.0 Å². The van der Waals surface area contributed by atoms with Crippen molar-refractivity contribution in [3.05, 3.63) is 47.3 Å². The molecule has 26 heavy (non-hydrogen) atoms. The van der Waals surface area contributed by atoms with Gasteiger partial charge in [0.25, 0.3) is 5.91 Å². The number of piperidine rings is 1. The lowest BCUT2D eigenvalue weighted by molar-refractivity contribution is 0.0967. The van der Waals surface area contributed by atoms with Gasteiger partial charge < -0.3 is 10.2 Å². The average Bonchev–Trinajstić information content (AvgIpc) is 2.62. The van der Waals surface area contributed by atoms with Crippen LogP contribution >= 0.6 is 0 Å². The van der Waals surface area contributed by atoms with Gasteiger partial charge in [-0.1, -0.05) is 39.3 Å². The van der Waals surface area contributed by atoms with E-state index in [0.29, 0.717) is 5.56 Å². The summed E-state index contributed by atoms with van der Waals surface area (Å²) in [6.07, 6.45) is 10.4. The predicted molar refractivity (Wildman–Crippen MR) is 107 cm³/mol. The van der Waals surface area contributed by atoms with Crippen LogP contribution in [-0.4, -0.2) is 24.0 Å². The maximum Gasteiger partial charge on any atom is 0.259 e. The zero-order valence-corrected chi connectivity index (χ0v) is 16.5. The van der Waals surface area contributed by atoms with Crippen LogP contribution in [0.15, 0.2) is 41.8 Å². The highest BCUT2D eigenvalue weighted by Crippen LogP contribution is 2.32. The Morgan fingerprint density at radius 2 is 2.00 bits per heavy atom. The highest BCUT2D eigenvalue weighted by Gasteiger charge is 2.23. The summed E-state index contributed by atoms with van der Waals surface area (Å²) < 4.78 is 0. The molecule has 0 aromatic carbocycles. The zero-order valence-electron chi connectivity index (χ0n) is 16.5. The minimum absolute atomic E-state index is 0.0654. The number of pyridine rings is 1. The summed E-state index contributed by atoms with van der Waals surface area (Å²) in [5.74, 6) is 1.50. The van der Waals surface area contributed by atoms with Gasteiger partial charge in [-0.3, -0.25) is 4.79 Å². The van der Waals surface area contributed by atoms with Crippen LogP contribution in [0.2, 0.25) is 0 Å². The Labute approximate surface area is 157 Å². The number of hydrogen-bond donors (Lipinski definition) is 1. The summed E-state index contributed by atoms with van der Waals surface area (Å²) in [6.45, 7) is 10.9. The molecule has 1 aliphatic carbocycles. The predicted octanol–water partition coefficient (Wildman–Crippen LogP) is 4.70. The molecular formula is C22H31N3O. The van der Waals surface area contributed by atoms with E-state index in [2.05, 4.69) is 55.0 Å². The van der Waals surface area contributed by atoms with Gasteiger partial charge in [-0.2, -0.15) is 0 Å². The fourth-order valence-corrected chi connectivity index (χ4v) is 3.63. The summed E-state index contributed by atoms with van der Waals surface area (Å²) in [5, 5.41) is 3.10. The highest BCUT2D eigenvalue weighted by atomic mass is 16.1. The summed E-state index contributed by atoms with van der Waals surface area (Å²) in [5.41, 5.74) is 3.09. The van der Waals surface area contributed by atoms with E-state index in [-0.39, 0.29) is 11.3 Å². The van der Waals surface area contributed by atoms with Crippen LogP contribution in [-0.2, 0) is 0 Å². The lowest BCUT2D eigenvalue weighted by Crippen LogP contribution is -2.35. The number of aromatic nitrogens is 1. The molecule has 1 aliphatic heterocycles. The van der Waals surface area contributed by atoms with Crippen LogP contribution in [0.25, 0.3) is 0 Å². The van der Waals surface area contributed by atoms with Crippen molar-refractivity contribution < 1.29 is 4.79 Å². The molecule has 1 N–H and O–H groups in total. The molecule has 0 unspecified atom stereocenters. The molecular weight excluding hydrogens is 322 g/mol. The van der Waals surface area contributed by atoms with Gasteiger partial charge in [-0.05, 0) is 55.2 Å². The second kappa shape index (κ2) is 7.65. The van der Waals surface area contributed by atoms with Gasteiger partial charge in [0.2, 0.25) is 0 Å². The normalized spacial score (nSPS) is 19.0. The first-order valence-corrected chi connectivity index (χ1v) is 9.77. The largest absolute Gasteiger partial charge is 0.356 e. The molecule has 2 heterocycles. The van der Waals surface area contributed by atoms with E-state index in [0.717, 1.165) is 56.2 Å². The summed E-state index contributed by atoms with van der Waals surface area (Å²) in [4.78, 5) is 19.7. The van der Waals surface area contributed by atoms with Gasteiger partial charge in [0.05, 0.1) is 5.56 Å². The number of nitrogens with one attached hydrogen (secondary N) is 1. The number of anilines is 1. The van der Waals surface area contributed by atoms with E-state index in [1.54, 1.807) is 6.20 Å². The van der Waals surface area contributed by atoms with Crippen LogP contribution < -0.4 is 10.2 Å². The topological polar surface area (TPSA) is 45.2 Å². The third-order valence-electron chi connectivity index (χ3n) is 5.44. The van der Waals surface area contributed by atoms with Gasteiger partial charge in [0.1, 0.15) is 5.82 Å². The molecule has 0 atom stereocenters. The first kappa shape index (κ1) is 18.7. The molecule has 1 aromatic rings. The monoisotopic (exact) mass is 353 g/mol. The van der Waals surface area contributed by atoms with E-state index < -0.39 is 0 Å². The highest BCUT2D eigenvalue weighted by molar-refractivity contribution is 6.00. The van der Waals surface area contributed by atoms with Crippen molar-refractivity contribution in [3.8, 4) is 0 Å². The Kier molecular flexibility index (Phi) is 5.49. The zero-order chi connectivity index (χ0) is 18.7. The van der Waals surface area contributed by atoms with E-state index in [9.17, 15) is 4.79 Å². The van der Waals surface area contributed by atoms with E-state index >= 15 is 0 Å². The Morgan fingerprint density at radius 3 is 2.69 bits per heavy atom. The lowest BCUT2D eigenvalue weighted by Gasteiger charge is -2.32. The van der Waals surface area contributed by atoms with Crippen molar-refractivity contribution in [2.45, 2.75) is 53.4 Å². The van der Waals surface area contributed by atoms with Crippen LogP contribution in [0.3, 0.4) is 0 Å². The third-order valence-corrected chi connectivity index (χ3v) is 5.44. The smallest absolute Gasteiger partial charge is 0.259 e. The van der Waals surface area contributed by atoms with Crippen LogP contribution in [0.1, 0.15) is 63.7 Å². The molecule has 1 saturated heterocycles. The Hall–Kier alpha value is -2.10. The number of carbonyl (C=O) groups is 1. The quantitative estimate of drug-likeness (QED) is 0.857. The van der Waals surface area contributed by atoms with Crippen LogP contribution in [0.4, 0.5) is 5.82 Å². The Morgan fingerprint density at radius 1 is 1.27 bits per heavy atom. The molecule has 1 fully saturated rings. The molecule has 140 valence electrons. The van der Waals surface area contributed by atoms with Crippen molar-refractivity contribution in [1.29, 1.82) is 0 Å². The van der Waals surface area contributed by atoms with Gasteiger partial charge in [0.15, 0.2) is 0 Å². The molecule has 0 radical (unpaired) electrons. The van der Waals surface area contributed by atoms with E-state index in [1.807, 2.05) is 12.1 Å². The summed E-state index contributed by atoms with van der Waals surface area (Å²) in [7, 11) is 0. The van der Waals surface area contributed by atoms with E-state index in [4.69, 9.17) is 0 Å². The first-order valence-electron chi connectivity index (χ1n) is 9.77. The molecule has 0 saturated carbocycles. The summed E-state index contributed by atoms with van der Waals surface area (Å²) in [6, 6.07) is 3.73. The number of nitrogens with zero attached hydrogens (tertiary/aromatic N) is 2. The molecule has 0 bridgehead atoms. The fraction of sp³-hybridized carbons (Fsp3) is 0.545. The fourth-order valence-electron chi connectivity index (χ4n) is 3.63. The molecule has 0 spiro atoms. The minimum Gasteiger partial charge on any atom is -0.356 e. The third kappa shape index (κ3) is 4.35. The first-order chi connectivity index (χ1) is 12.3. The average molecular weight is 354 g/mol. The van der Waals surface area contributed by atoms with Gasteiger partial charge in [-0.15, -0.1) is 0 Å². The van der Waals surface area contributed by atoms with Crippen molar-refractivity contribution in [2.75, 3.05) is 18.0 Å². The number of hydrogen-bond acceptors (Lipinski definition) is 3. The molecule has 4 nitrogen and oxygen atoms in total. The lowest BCUT2D eigenvalue weighted by atomic mass is 9.81. The number of carbonyl (C=O) groups excluding carboxylic acids is 1. The van der Waals surface area contributed by atoms with Gasteiger partial charge in [-0.25, -0.2) is 4.98 Å². The van der Waals surface area contributed by atoms with Crippen LogP contribution in [0.5, 0.6) is 0 Å². The second-order valence-corrected chi connectivity index (χ2v) is 8.62. The van der Waals surface area contributed by atoms with Crippen molar-refractivity contribution in [3.63, 3.8) is 0 Å². The van der Waals surface area contributed by atoms with Crippen molar-refractivity contribution in [1.82, 2.24) is 10.3 Å². The van der Waals surface area contributed by atoms with Crippen LogP contribution in [0, 0.1) is 11.3 Å². The number of rotatable bonds is 3. The SMILES string of the molecule is CC1CCN(c2ncccc2C(=O)NC2=CCCC(C(C)(C)C)=C2)CC1. The standard InChI is InChI=1S/C22H31N3O/c1-16-10-13-25(14-11-16)20-19(9-6-12-23-20)21(26)24-18-8-5-7-17(15-18)22(2,3)4/h6,8-9,12,15-16H,5,7,10-11,13-14H2,1-4H3,(H,24,26). The van der Waals surface area contributed by atoms with Gasteiger partial charge >= 0.3 is 0 Å². The number of amides is 1. The van der Waals surface area contributed by atoms with Crippen molar-refractivity contribution >= 4 is 11.7 Å². The number of allylic oxidation sites excluding steroid dienone is 3. The molecule has 2 aliphatic rings. The molecule has 3 rings (SSSR count). The second-order valence-electron chi connectivity index (χ2n) is 8.62. The molecule has 1 aromatic heterocycles. The maximum atomic E-state index is 12.9. The molecule has 1 amide bonds. The van der Waals surface area contributed by atoms with E-state index in [1.165, 1.54) is 5.57 Å². The maximum absolute atomic E-state index is 12.9. The Bertz CT molecular complexity index is 719. The van der Waals surface area contributed by atoms with Crippen molar-refractivity contribution in [2.24, 2.45) is 11.3 Å². The minimum atomic E-state index is -0.0654. The Balaban J connectivity index is 1.77. The molecule has 4 heteroatoms. The summed E-state index contributed by atoms with van der Waals surface area (Å²) >= 11 is 0.